The number of rotatable bonds is 4. The van der Waals surface area contributed by atoms with Crippen LogP contribution < -0.4 is 25.6 Å². The first-order valence-corrected chi connectivity index (χ1v) is 10.5. The molecule has 32 heavy (non-hydrogen) atoms. The Morgan fingerprint density at radius 1 is 1.16 bits per heavy atom. The molecule has 1 spiro atoms. The average molecular weight is 434 g/mol. The number of urea groups is 1. The molecule has 164 valence electrons. The Morgan fingerprint density at radius 2 is 1.94 bits per heavy atom. The van der Waals surface area contributed by atoms with Gasteiger partial charge in [0.05, 0.1) is 5.69 Å². The van der Waals surface area contributed by atoms with E-state index in [9.17, 15) is 19.2 Å². The highest BCUT2D eigenvalue weighted by Crippen LogP contribution is 2.35. The number of anilines is 2. The van der Waals surface area contributed by atoms with E-state index in [4.69, 9.17) is 4.74 Å². The summed E-state index contributed by atoms with van der Waals surface area (Å²) >= 11 is 0. The Morgan fingerprint density at radius 3 is 2.69 bits per heavy atom. The zero-order valence-electron chi connectivity index (χ0n) is 17.4. The van der Waals surface area contributed by atoms with Crippen molar-refractivity contribution in [1.82, 2.24) is 10.6 Å². The molecular weight excluding hydrogens is 412 g/mol. The van der Waals surface area contributed by atoms with Gasteiger partial charge in [-0.25, -0.2) is 4.79 Å². The number of hydrogen-bond acceptors (Lipinski definition) is 5. The van der Waals surface area contributed by atoms with E-state index in [-0.39, 0.29) is 24.3 Å². The van der Waals surface area contributed by atoms with Crippen LogP contribution in [-0.4, -0.2) is 41.9 Å². The van der Waals surface area contributed by atoms with Gasteiger partial charge in [0.1, 0.15) is 17.8 Å². The maximum atomic E-state index is 12.8. The van der Waals surface area contributed by atoms with Gasteiger partial charge in [-0.05, 0) is 41.8 Å². The van der Waals surface area contributed by atoms with Crippen molar-refractivity contribution >= 4 is 35.1 Å². The highest BCUT2D eigenvalue weighted by Gasteiger charge is 2.50. The second-order valence-corrected chi connectivity index (χ2v) is 8.28. The maximum absolute atomic E-state index is 12.8. The molecule has 1 saturated heterocycles. The molecular formula is C23H22N4O5. The summed E-state index contributed by atoms with van der Waals surface area (Å²) in [6, 6.07) is 12.1. The van der Waals surface area contributed by atoms with Crippen molar-refractivity contribution in [2.24, 2.45) is 0 Å². The topological polar surface area (TPSA) is 117 Å². The van der Waals surface area contributed by atoms with E-state index >= 15 is 0 Å². The predicted molar refractivity (Wildman–Crippen MR) is 115 cm³/mol. The van der Waals surface area contributed by atoms with Crippen molar-refractivity contribution in [1.29, 1.82) is 0 Å². The highest BCUT2D eigenvalue weighted by atomic mass is 16.5. The highest BCUT2D eigenvalue weighted by molar-refractivity contribution is 6.08. The molecule has 2 atom stereocenters. The lowest BCUT2D eigenvalue weighted by atomic mass is 9.96. The summed E-state index contributed by atoms with van der Waals surface area (Å²) in [6.07, 6.45) is 0.645. The smallest absolute Gasteiger partial charge is 0.322 e. The summed E-state index contributed by atoms with van der Waals surface area (Å²) in [5, 5.41) is 7.85. The molecule has 0 bridgehead atoms. The fourth-order valence-corrected chi connectivity index (χ4v) is 4.57. The Balaban J connectivity index is 1.31. The zero-order valence-corrected chi connectivity index (χ0v) is 17.4. The molecule has 5 amide bonds. The normalized spacial score (nSPS) is 23.3. The van der Waals surface area contributed by atoms with Crippen LogP contribution in [0.4, 0.5) is 16.2 Å². The minimum atomic E-state index is -0.957. The summed E-state index contributed by atoms with van der Waals surface area (Å²) < 4.78 is 5.75. The van der Waals surface area contributed by atoms with Gasteiger partial charge in [0.15, 0.2) is 6.10 Å². The van der Waals surface area contributed by atoms with E-state index in [0.717, 1.165) is 11.1 Å². The number of carbonyl (C=O) groups excluding carboxylic acids is 4. The molecule has 1 unspecified atom stereocenters. The van der Waals surface area contributed by atoms with Gasteiger partial charge in [-0.2, -0.15) is 0 Å². The van der Waals surface area contributed by atoms with E-state index in [0.29, 0.717) is 36.4 Å². The number of fused-ring (bicyclic) bond motifs is 2. The number of amides is 5. The van der Waals surface area contributed by atoms with Crippen LogP contribution in [0.25, 0.3) is 0 Å². The molecule has 2 heterocycles. The first kappa shape index (κ1) is 20.0. The number of benzene rings is 2. The predicted octanol–water partition coefficient (Wildman–Crippen LogP) is 1.51. The number of nitrogens with zero attached hydrogens (tertiary/aromatic N) is 1. The summed E-state index contributed by atoms with van der Waals surface area (Å²) in [4.78, 5) is 50.9. The second kappa shape index (κ2) is 7.37. The van der Waals surface area contributed by atoms with Crippen LogP contribution in [0, 0.1) is 0 Å². The van der Waals surface area contributed by atoms with E-state index in [1.54, 1.807) is 24.3 Å². The molecule has 5 rings (SSSR count). The average Bonchev–Trinajstić information content (AvgIpc) is 3.26. The number of hydrogen-bond donors (Lipinski definition) is 3. The van der Waals surface area contributed by atoms with E-state index in [1.165, 1.54) is 4.90 Å². The molecule has 2 aliphatic heterocycles. The van der Waals surface area contributed by atoms with Crippen molar-refractivity contribution in [3.05, 3.63) is 53.6 Å². The molecule has 1 fully saturated rings. The van der Waals surface area contributed by atoms with Gasteiger partial charge in [-0.1, -0.05) is 25.1 Å². The summed E-state index contributed by atoms with van der Waals surface area (Å²) in [6.45, 7) is 1.72. The Hall–Kier alpha value is -3.88. The van der Waals surface area contributed by atoms with Crippen molar-refractivity contribution < 1.29 is 23.9 Å². The van der Waals surface area contributed by atoms with Gasteiger partial charge in [-0.15, -0.1) is 0 Å². The molecule has 2 aromatic rings. The van der Waals surface area contributed by atoms with Crippen LogP contribution in [0.1, 0.15) is 24.5 Å². The molecule has 0 saturated carbocycles. The molecule has 3 N–H and O–H groups in total. The molecule has 1 aliphatic carbocycles. The van der Waals surface area contributed by atoms with Crippen molar-refractivity contribution in [3.8, 4) is 5.75 Å². The van der Waals surface area contributed by atoms with Crippen LogP contribution in [-0.2, 0) is 27.2 Å². The fraction of sp³-hybridized carbons (Fsp3) is 0.304. The third kappa shape index (κ3) is 3.26. The van der Waals surface area contributed by atoms with Gasteiger partial charge < -0.3 is 15.4 Å². The maximum Gasteiger partial charge on any atom is 0.322 e. The van der Waals surface area contributed by atoms with Crippen LogP contribution in [0.5, 0.6) is 5.75 Å². The standard InChI is InChI=1S/C23H22N4O5/c1-2-17-20(29)27(16-5-3-4-6-18(16)32-17)12-19(28)24-15-8-7-13-10-23(11-14(13)9-15)21(30)25-22(31)26-23/h3-9,17H,2,10-12H2,1H3,(H,24,28)(H2,25,26,30,31)/t17-,23?/m0/s1. The number of imide groups is 1. The van der Waals surface area contributed by atoms with Gasteiger partial charge in [0, 0.05) is 18.5 Å². The van der Waals surface area contributed by atoms with Gasteiger partial charge in [-0.3, -0.25) is 24.6 Å². The minimum absolute atomic E-state index is 0.144. The summed E-state index contributed by atoms with van der Waals surface area (Å²) in [7, 11) is 0. The van der Waals surface area contributed by atoms with Crippen molar-refractivity contribution in [2.45, 2.75) is 37.8 Å². The third-order valence-corrected chi connectivity index (χ3v) is 6.13. The van der Waals surface area contributed by atoms with E-state index < -0.39 is 17.7 Å². The molecule has 9 heteroatoms. The number of carbonyl (C=O) groups is 4. The first-order chi connectivity index (χ1) is 15.4. The van der Waals surface area contributed by atoms with Crippen molar-refractivity contribution in [3.63, 3.8) is 0 Å². The lowest BCUT2D eigenvalue weighted by Crippen LogP contribution is -2.48. The quantitative estimate of drug-likeness (QED) is 0.631. The van der Waals surface area contributed by atoms with Gasteiger partial charge in [0.2, 0.25) is 5.91 Å². The lowest BCUT2D eigenvalue weighted by molar-refractivity contribution is -0.128. The third-order valence-electron chi connectivity index (χ3n) is 6.13. The molecule has 0 aromatic heterocycles. The van der Waals surface area contributed by atoms with E-state index in [2.05, 4.69) is 16.0 Å². The molecule has 0 radical (unpaired) electrons. The minimum Gasteiger partial charge on any atom is -0.478 e. The summed E-state index contributed by atoms with van der Waals surface area (Å²) in [5.41, 5.74) is 2.01. The van der Waals surface area contributed by atoms with Crippen LogP contribution in [0.3, 0.4) is 0 Å². The first-order valence-electron chi connectivity index (χ1n) is 10.5. The SMILES string of the molecule is CC[C@@H]1Oc2ccccc2N(CC(=O)Nc2ccc3c(c2)CC2(C3)NC(=O)NC2=O)C1=O. The van der Waals surface area contributed by atoms with Crippen LogP contribution >= 0.6 is 0 Å². The Kier molecular flexibility index (Phi) is 4.61. The Labute approximate surface area is 184 Å². The van der Waals surface area contributed by atoms with Crippen LogP contribution in [0.15, 0.2) is 42.5 Å². The molecule has 3 aliphatic rings. The van der Waals surface area contributed by atoms with Gasteiger partial charge in [0.25, 0.3) is 11.8 Å². The number of para-hydroxylation sites is 2. The Bertz CT molecular complexity index is 1160. The fourth-order valence-electron chi connectivity index (χ4n) is 4.57. The number of nitrogens with one attached hydrogen (secondary N) is 3. The largest absolute Gasteiger partial charge is 0.478 e. The van der Waals surface area contributed by atoms with Crippen molar-refractivity contribution in [2.75, 3.05) is 16.8 Å². The monoisotopic (exact) mass is 434 g/mol. The number of ether oxygens (including phenoxy) is 1. The zero-order chi connectivity index (χ0) is 22.5. The lowest BCUT2D eigenvalue weighted by Gasteiger charge is -2.33. The van der Waals surface area contributed by atoms with Crippen LogP contribution in [0.2, 0.25) is 0 Å². The summed E-state index contributed by atoms with van der Waals surface area (Å²) in [5.74, 6) is -0.351. The second-order valence-electron chi connectivity index (χ2n) is 8.28. The van der Waals surface area contributed by atoms with E-state index in [1.807, 2.05) is 25.1 Å². The van der Waals surface area contributed by atoms with Gasteiger partial charge >= 0.3 is 6.03 Å². The molecule has 2 aromatic carbocycles. The molecule has 9 nitrogen and oxygen atoms in total.